The highest BCUT2D eigenvalue weighted by atomic mass is 35.5. The van der Waals surface area contributed by atoms with Crippen LogP contribution in [0, 0.1) is 0 Å². The molecule has 138 valence electrons. The Morgan fingerprint density at radius 1 is 1.08 bits per heavy atom. The summed E-state index contributed by atoms with van der Waals surface area (Å²) in [6.07, 6.45) is 0. The van der Waals surface area contributed by atoms with Crippen molar-refractivity contribution in [1.29, 1.82) is 0 Å². The zero-order chi connectivity index (χ0) is 17.1. The number of carbonyl (C=O) groups is 1. The number of nitrogens with one attached hydrogen (secondary N) is 1. The molecule has 0 aromatic heterocycles. The first-order valence-corrected chi connectivity index (χ1v) is 9.69. The second-order valence-electron chi connectivity index (χ2n) is 6.41. The maximum atomic E-state index is 12.7. The summed E-state index contributed by atoms with van der Waals surface area (Å²) in [6, 6.07) is 16.7. The van der Waals surface area contributed by atoms with Crippen LogP contribution in [0.3, 0.4) is 0 Å². The minimum atomic E-state index is -0.0871. The van der Waals surface area contributed by atoms with E-state index in [9.17, 15) is 4.79 Å². The Morgan fingerprint density at radius 3 is 2.58 bits per heavy atom. The quantitative estimate of drug-likeness (QED) is 0.873. The van der Waals surface area contributed by atoms with Gasteiger partial charge in [0.15, 0.2) is 0 Å². The first kappa shape index (κ1) is 19.2. The van der Waals surface area contributed by atoms with Gasteiger partial charge in [-0.15, -0.1) is 24.2 Å². The summed E-state index contributed by atoms with van der Waals surface area (Å²) >= 11 is 1.84. The molecule has 0 saturated carbocycles. The maximum Gasteiger partial charge on any atom is 0.234 e. The van der Waals surface area contributed by atoms with Crippen molar-refractivity contribution in [1.82, 2.24) is 10.2 Å². The van der Waals surface area contributed by atoms with Gasteiger partial charge in [-0.2, -0.15) is 0 Å². The van der Waals surface area contributed by atoms with Crippen LogP contribution in [0.2, 0.25) is 0 Å². The van der Waals surface area contributed by atoms with Crippen molar-refractivity contribution in [3.63, 3.8) is 0 Å². The van der Waals surface area contributed by atoms with E-state index in [2.05, 4.69) is 58.7 Å². The Labute approximate surface area is 164 Å². The van der Waals surface area contributed by atoms with E-state index in [1.165, 1.54) is 21.6 Å². The molecule has 2 aliphatic heterocycles. The second-order valence-corrected chi connectivity index (χ2v) is 7.43. The molecular weight excluding hydrogens is 368 g/mol. The van der Waals surface area contributed by atoms with Crippen LogP contribution in [0.25, 0.3) is 0 Å². The van der Waals surface area contributed by atoms with Gasteiger partial charge >= 0.3 is 0 Å². The predicted octanol–water partition coefficient (Wildman–Crippen LogP) is 3.25. The van der Waals surface area contributed by atoms with Crippen LogP contribution in [0.1, 0.15) is 22.7 Å². The summed E-state index contributed by atoms with van der Waals surface area (Å²) in [5.41, 5.74) is 3.68. The average molecular weight is 391 g/mol. The largest absolute Gasteiger partial charge is 0.379 e. The van der Waals surface area contributed by atoms with Crippen LogP contribution >= 0.6 is 24.2 Å². The molecule has 4 rings (SSSR count). The number of nitrogens with zero attached hydrogens (tertiary/aromatic N) is 1. The van der Waals surface area contributed by atoms with Crippen molar-refractivity contribution in [2.75, 3.05) is 32.8 Å². The fourth-order valence-corrected chi connectivity index (χ4v) is 4.55. The van der Waals surface area contributed by atoms with Crippen LogP contribution < -0.4 is 5.32 Å². The molecule has 6 heteroatoms. The highest BCUT2D eigenvalue weighted by molar-refractivity contribution is 7.98. The van der Waals surface area contributed by atoms with Gasteiger partial charge in [0.05, 0.1) is 25.8 Å². The van der Waals surface area contributed by atoms with E-state index in [4.69, 9.17) is 4.74 Å². The van der Waals surface area contributed by atoms with E-state index >= 15 is 0 Å². The van der Waals surface area contributed by atoms with Crippen molar-refractivity contribution in [3.8, 4) is 0 Å². The molecule has 0 aliphatic carbocycles. The molecule has 2 aliphatic rings. The maximum absolute atomic E-state index is 12.7. The number of fused-ring (bicyclic) bond motifs is 2. The van der Waals surface area contributed by atoms with E-state index in [0.29, 0.717) is 19.8 Å². The number of rotatable bonds is 3. The number of carbonyl (C=O) groups excluding carboxylic acids is 1. The smallest absolute Gasteiger partial charge is 0.234 e. The number of thioether (sulfide) groups is 1. The lowest BCUT2D eigenvalue weighted by Crippen LogP contribution is -2.44. The van der Waals surface area contributed by atoms with Crippen LogP contribution in [-0.4, -0.2) is 43.7 Å². The van der Waals surface area contributed by atoms with Gasteiger partial charge in [0, 0.05) is 23.7 Å². The van der Waals surface area contributed by atoms with Crippen molar-refractivity contribution < 1.29 is 9.53 Å². The monoisotopic (exact) mass is 390 g/mol. The molecule has 1 unspecified atom stereocenters. The summed E-state index contributed by atoms with van der Waals surface area (Å²) in [6.45, 7) is 3.48. The third-order valence-electron chi connectivity index (χ3n) is 4.76. The van der Waals surface area contributed by atoms with E-state index in [-0.39, 0.29) is 24.4 Å². The first-order valence-electron chi connectivity index (χ1n) is 8.70. The Balaban J connectivity index is 0.00000196. The molecular formula is C20H23ClN2O2S. The molecule has 26 heavy (non-hydrogen) atoms. The molecule has 2 aromatic carbocycles. The minimum Gasteiger partial charge on any atom is -0.379 e. The standard InChI is InChI=1S/C20H22N2O2S.ClH/c23-19(13-22-9-11-24-12-10-22)21-20-16-6-2-1-5-15(16)14-25-18-8-4-3-7-17(18)20;/h1-8,20H,9-14H2,(H,21,23);1H. The number of amides is 1. The lowest BCUT2D eigenvalue weighted by atomic mass is 9.95. The number of hydrogen-bond acceptors (Lipinski definition) is 4. The van der Waals surface area contributed by atoms with Gasteiger partial charge in [-0.25, -0.2) is 0 Å². The highest BCUT2D eigenvalue weighted by Gasteiger charge is 2.25. The zero-order valence-electron chi connectivity index (χ0n) is 14.5. The summed E-state index contributed by atoms with van der Waals surface area (Å²) in [7, 11) is 0. The molecule has 2 aromatic rings. The SMILES string of the molecule is Cl.O=C(CN1CCOCC1)NC1c2ccccc2CSc2ccccc21. The van der Waals surface area contributed by atoms with Gasteiger partial charge in [0.25, 0.3) is 0 Å². The van der Waals surface area contributed by atoms with E-state index in [1.807, 2.05) is 11.8 Å². The van der Waals surface area contributed by atoms with Gasteiger partial charge < -0.3 is 10.1 Å². The molecule has 1 atom stereocenters. The van der Waals surface area contributed by atoms with Crippen molar-refractivity contribution in [3.05, 3.63) is 65.2 Å². The van der Waals surface area contributed by atoms with E-state index in [0.717, 1.165) is 18.8 Å². The number of morpholine rings is 1. The van der Waals surface area contributed by atoms with Crippen LogP contribution in [-0.2, 0) is 15.3 Å². The van der Waals surface area contributed by atoms with Crippen LogP contribution in [0.15, 0.2) is 53.4 Å². The van der Waals surface area contributed by atoms with Crippen molar-refractivity contribution in [2.45, 2.75) is 16.7 Å². The topological polar surface area (TPSA) is 41.6 Å². The highest BCUT2D eigenvalue weighted by Crippen LogP contribution is 2.39. The molecule has 1 amide bonds. The van der Waals surface area contributed by atoms with Gasteiger partial charge in [-0.05, 0) is 22.8 Å². The second kappa shape index (κ2) is 8.91. The normalized spacial score (nSPS) is 19.5. The Hall–Kier alpha value is -1.53. The molecule has 0 radical (unpaired) electrons. The fourth-order valence-electron chi connectivity index (χ4n) is 3.45. The Morgan fingerprint density at radius 2 is 1.77 bits per heavy atom. The Kier molecular flexibility index (Phi) is 6.59. The summed E-state index contributed by atoms with van der Waals surface area (Å²) in [4.78, 5) is 16.1. The van der Waals surface area contributed by atoms with Gasteiger partial charge in [-0.1, -0.05) is 42.5 Å². The summed E-state index contributed by atoms with van der Waals surface area (Å²) in [5, 5.41) is 3.28. The van der Waals surface area contributed by atoms with Crippen LogP contribution in [0.5, 0.6) is 0 Å². The van der Waals surface area contributed by atoms with E-state index in [1.54, 1.807) is 0 Å². The van der Waals surface area contributed by atoms with Crippen LogP contribution in [0.4, 0.5) is 0 Å². The minimum absolute atomic E-state index is 0. The van der Waals surface area contributed by atoms with E-state index < -0.39 is 0 Å². The predicted molar refractivity (Wildman–Crippen MR) is 107 cm³/mol. The number of ether oxygens (including phenoxy) is 1. The van der Waals surface area contributed by atoms with Crippen molar-refractivity contribution >= 4 is 30.1 Å². The Bertz CT molecular complexity index is 717. The molecule has 0 spiro atoms. The van der Waals surface area contributed by atoms with Gasteiger partial charge in [-0.3, -0.25) is 9.69 Å². The lowest BCUT2D eigenvalue weighted by Gasteiger charge is -2.27. The first-order chi connectivity index (χ1) is 12.3. The number of halogens is 1. The third kappa shape index (κ3) is 4.23. The third-order valence-corrected chi connectivity index (χ3v) is 5.89. The fraction of sp³-hybridized carbons (Fsp3) is 0.350. The number of benzene rings is 2. The van der Waals surface area contributed by atoms with Gasteiger partial charge in [0.2, 0.25) is 5.91 Å². The molecule has 4 nitrogen and oxygen atoms in total. The molecule has 1 saturated heterocycles. The molecule has 1 N–H and O–H groups in total. The zero-order valence-corrected chi connectivity index (χ0v) is 16.2. The lowest BCUT2D eigenvalue weighted by molar-refractivity contribution is -0.123. The van der Waals surface area contributed by atoms with Crippen molar-refractivity contribution in [2.24, 2.45) is 0 Å². The summed E-state index contributed by atoms with van der Waals surface area (Å²) < 4.78 is 5.36. The molecule has 0 bridgehead atoms. The summed E-state index contributed by atoms with van der Waals surface area (Å²) in [5.74, 6) is 1.01. The number of hydrogen-bond donors (Lipinski definition) is 1. The molecule has 1 fully saturated rings. The van der Waals surface area contributed by atoms with Gasteiger partial charge in [0.1, 0.15) is 0 Å². The molecule has 2 heterocycles. The average Bonchev–Trinajstić information content (AvgIpc) is 2.80.